The number of aliphatic hydroxyl groups is 1. The maximum atomic E-state index is 10.9. The van der Waals surface area contributed by atoms with Gasteiger partial charge in [0.1, 0.15) is 0 Å². The fourth-order valence-corrected chi connectivity index (χ4v) is 5.86. The number of carboxylic acids is 1. The molecule has 0 aromatic heterocycles. The summed E-state index contributed by atoms with van der Waals surface area (Å²) < 4.78 is 0. The van der Waals surface area contributed by atoms with Crippen LogP contribution in [-0.4, -0.2) is 22.3 Å². The molecule has 23 heavy (non-hydrogen) atoms. The highest BCUT2D eigenvalue weighted by molar-refractivity contribution is 5.66. The summed E-state index contributed by atoms with van der Waals surface area (Å²) in [7, 11) is 0. The van der Waals surface area contributed by atoms with Crippen molar-refractivity contribution in [3.8, 4) is 0 Å². The molecule has 2 saturated carbocycles. The first kappa shape index (κ1) is 18.5. The summed E-state index contributed by atoms with van der Waals surface area (Å²) in [5, 5.41) is 19.7. The molecule has 0 bridgehead atoms. The van der Waals surface area contributed by atoms with Crippen molar-refractivity contribution < 1.29 is 15.0 Å². The Morgan fingerprint density at radius 2 is 2.00 bits per heavy atom. The van der Waals surface area contributed by atoms with E-state index in [9.17, 15) is 9.90 Å². The number of carboxylic acid groups (broad SMARTS) is 1. The van der Waals surface area contributed by atoms with E-state index in [0.717, 1.165) is 19.3 Å². The van der Waals surface area contributed by atoms with Crippen molar-refractivity contribution in [3.63, 3.8) is 0 Å². The number of fused-ring (bicyclic) bond motifs is 1. The molecule has 0 amide bonds. The van der Waals surface area contributed by atoms with Crippen molar-refractivity contribution >= 4 is 5.97 Å². The molecule has 3 nitrogen and oxygen atoms in total. The van der Waals surface area contributed by atoms with Gasteiger partial charge in [-0.05, 0) is 60.7 Å². The molecule has 2 aliphatic carbocycles. The highest BCUT2D eigenvalue weighted by Gasteiger charge is 2.56. The predicted molar refractivity (Wildman–Crippen MR) is 93.1 cm³/mol. The van der Waals surface area contributed by atoms with Gasteiger partial charge in [-0.1, -0.05) is 46.3 Å². The van der Waals surface area contributed by atoms with E-state index in [-0.39, 0.29) is 29.3 Å². The van der Waals surface area contributed by atoms with Crippen LogP contribution in [0.5, 0.6) is 0 Å². The van der Waals surface area contributed by atoms with Gasteiger partial charge in [-0.15, -0.1) is 0 Å². The van der Waals surface area contributed by atoms with Gasteiger partial charge >= 0.3 is 5.97 Å². The fraction of sp³-hybridized carbons (Fsp3) is 0.850. The lowest BCUT2D eigenvalue weighted by atomic mass is 9.46. The van der Waals surface area contributed by atoms with Crippen LogP contribution in [0.15, 0.2) is 12.2 Å². The Hall–Kier alpha value is -0.830. The quantitative estimate of drug-likeness (QED) is 0.725. The zero-order valence-electron chi connectivity index (χ0n) is 15.3. The number of hydrogen-bond acceptors (Lipinski definition) is 2. The summed E-state index contributed by atoms with van der Waals surface area (Å²) >= 11 is 0. The molecular weight excluding hydrogens is 288 g/mol. The van der Waals surface area contributed by atoms with Crippen molar-refractivity contribution in [2.45, 2.75) is 78.7 Å². The van der Waals surface area contributed by atoms with Gasteiger partial charge in [0.2, 0.25) is 0 Å². The van der Waals surface area contributed by atoms with Crippen molar-refractivity contribution in [3.05, 3.63) is 12.2 Å². The molecule has 0 radical (unpaired) electrons. The van der Waals surface area contributed by atoms with Crippen molar-refractivity contribution in [2.75, 3.05) is 0 Å². The second kappa shape index (κ2) is 6.58. The van der Waals surface area contributed by atoms with Crippen LogP contribution in [0.3, 0.4) is 0 Å². The first-order valence-corrected chi connectivity index (χ1v) is 9.15. The van der Waals surface area contributed by atoms with Crippen LogP contribution in [0.2, 0.25) is 0 Å². The van der Waals surface area contributed by atoms with Crippen LogP contribution in [0.25, 0.3) is 0 Å². The Balaban J connectivity index is 2.17. The monoisotopic (exact) mass is 322 g/mol. The van der Waals surface area contributed by atoms with Crippen LogP contribution in [0.4, 0.5) is 0 Å². The van der Waals surface area contributed by atoms with E-state index in [1.54, 1.807) is 0 Å². The molecule has 0 aromatic rings. The topological polar surface area (TPSA) is 57.5 Å². The minimum absolute atomic E-state index is 0.0967. The first-order chi connectivity index (χ1) is 10.6. The molecule has 0 aliphatic heterocycles. The molecule has 0 unspecified atom stereocenters. The van der Waals surface area contributed by atoms with Crippen LogP contribution >= 0.6 is 0 Å². The minimum atomic E-state index is -0.710. The number of rotatable bonds is 5. The minimum Gasteiger partial charge on any atom is -0.481 e. The molecule has 0 aromatic carbocycles. The van der Waals surface area contributed by atoms with Gasteiger partial charge in [0.05, 0.1) is 6.10 Å². The molecule has 2 N–H and O–H groups in total. The predicted octanol–water partition coefficient (Wildman–Crippen LogP) is 4.65. The van der Waals surface area contributed by atoms with E-state index in [0.29, 0.717) is 18.3 Å². The lowest BCUT2D eigenvalue weighted by molar-refractivity contribution is -0.138. The summed E-state index contributed by atoms with van der Waals surface area (Å²) in [4.78, 5) is 10.9. The van der Waals surface area contributed by atoms with Crippen molar-refractivity contribution in [1.82, 2.24) is 0 Å². The van der Waals surface area contributed by atoms with Gasteiger partial charge in [-0.2, -0.15) is 0 Å². The second-order valence-electron chi connectivity index (χ2n) is 9.09. The van der Waals surface area contributed by atoms with E-state index in [1.165, 1.54) is 18.4 Å². The number of aliphatic carboxylic acids is 1. The van der Waals surface area contributed by atoms with Gasteiger partial charge in [-0.3, -0.25) is 4.79 Å². The maximum absolute atomic E-state index is 10.9. The standard InChI is InChI=1S/C20H34O3/c1-13(11-17(22)23)7-8-15-14(2)12-16(21)18-19(3,4)9-6-10-20(15,18)5/h13,15-16,18,21H,2,6-12H2,1,3-5H3,(H,22,23)/t13-,15-,16+,18-,20+/m1/s1. The normalized spacial score (nSPS) is 38.0. The molecular formula is C20H34O3. The smallest absolute Gasteiger partial charge is 0.303 e. The van der Waals surface area contributed by atoms with Gasteiger partial charge in [0.25, 0.3) is 0 Å². The lowest BCUT2D eigenvalue weighted by Crippen LogP contribution is -2.55. The zero-order valence-corrected chi connectivity index (χ0v) is 15.3. The third kappa shape index (κ3) is 3.65. The van der Waals surface area contributed by atoms with Crippen molar-refractivity contribution in [1.29, 1.82) is 0 Å². The summed E-state index contributed by atoms with van der Waals surface area (Å²) in [6, 6.07) is 0. The Morgan fingerprint density at radius 3 is 2.61 bits per heavy atom. The summed E-state index contributed by atoms with van der Waals surface area (Å²) in [6.45, 7) is 13.3. The Bertz CT molecular complexity index is 468. The van der Waals surface area contributed by atoms with E-state index in [2.05, 4.69) is 27.4 Å². The molecule has 0 spiro atoms. The number of carbonyl (C=O) groups is 1. The van der Waals surface area contributed by atoms with E-state index < -0.39 is 5.97 Å². The highest BCUT2D eigenvalue weighted by Crippen LogP contribution is 2.61. The average Bonchev–Trinajstić information content (AvgIpc) is 2.34. The lowest BCUT2D eigenvalue weighted by Gasteiger charge is -2.59. The Morgan fingerprint density at radius 1 is 1.35 bits per heavy atom. The molecule has 0 saturated heterocycles. The fourth-order valence-electron chi connectivity index (χ4n) is 5.86. The maximum Gasteiger partial charge on any atom is 0.303 e. The van der Waals surface area contributed by atoms with Crippen LogP contribution in [-0.2, 0) is 4.79 Å². The average molecular weight is 322 g/mol. The number of hydrogen-bond donors (Lipinski definition) is 2. The van der Waals surface area contributed by atoms with Crippen LogP contribution in [0.1, 0.15) is 72.6 Å². The third-order valence-electron chi connectivity index (χ3n) is 6.71. The first-order valence-electron chi connectivity index (χ1n) is 9.15. The van der Waals surface area contributed by atoms with Gasteiger partial charge in [0.15, 0.2) is 0 Å². The molecule has 2 aliphatic rings. The van der Waals surface area contributed by atoms with Crippen LogP contribution in [0, 0.1) is 28.6 Å². The second-order valence-corrected chi connectivity index (χ2v) is 9.09. The van der Waals surface area contributed by atoms with Crippen LogP contribution < -0.4 is 0 Å². The SMILES string of the molecule is C=C1C[C@H](O)[C@@H]2C(C)(C)CCC[C@@]2(C)[C@@H]1CC[C@@H](C)CC(=O)O. The largest absolute Gasteiger partial charge is 0.481 e. The summed E-state index contributed by atoms with van der Waals surface area (Å²) in [5.41, 5.74) is 1.44. The molecule has 2 rings (SSSR count). The van der Waals surface area contributed by atoms with Crippen molar-refractivity contribution in [2.24, 2.45) is 28.6 Å². The molecule has 2 fully saturated rings. The molecule has 132 valence electrons. The highest BCUT2D eigenvalue weighted by atomic mass is 16.4. The summed E-state index contributed by atoms with van der Waals surface area (Å²) in [5.74, 6) is 0.213. The molecule has 0 heterocycles. The molecule has 3 heteroatoms. The Kier molecular flexibility index (Phi) is 5.30. The molecule has 5 atom stereocenters. The van der Waals surface area contributed by atoms with E-state index >= 15 is 0 Å². The number of aliphatic hydroxyl groups excluding tert-OH is 1. The van der Waals surface area contributed by atoms with Gasteiger partial charge in [0, 0.05) is 6.42 Å². The third-order valence-corrected chi connectivity index (χ3v) is 6.71. The Labute approximate surface area is 141 Å². The summed E-state index contributed by atoms with van der Waals surface area (Å²) in [6.07, 6.45) is 6.14. The zero-order chi connectivity index (χ0) is 17.4. The van der Waals surface area contributed by atoms with E-state index in [1.807, 2.05) is 6.92 Å². The van der Waals surface area contributed by atoms with E-state index in [4.69, 9.17) is 5.11 Å². The van der Waals surface area contributed by atoms with Gasteiger partial charge in [-0.25, -0.2) is 0 Å². The van der Waals surface area contributed by atoms with Gasteiger partial charge < -0.3 is 10.2 Å².